The Labute approximate surface area is 114 Å². The number of esters is 1. The summed E-state index contributed by atoms with van der Waals surface area (Å²) in [6.07, 6.45) is 1.89. The van der Waals surface area contributed by atoms with Crippen LogP contribution in [0.25, 0.3) is 0 Å². The summed E-state index contributed by atoms with van der Waals surface area (Å²) in [5.74, 6) is -0.644. The number of aromatic nitrogens is 1. The number of nitrogens with zero attached hydrogens (tertiary/aromatic N) is 1. The minimum atomic E-state index is -1.15. The molecule has 1 rings (SSSR count). The van der Waals surface area contributed by atoms with Gasteiger partial charge in [0.05, 0.1) is 0 Å². The third-order valence-corrected chi connectivity index (χ3v) is 2.52. The normalized spacial score (nSPS) is 15.0. The Morgan fingerprint density at radius 2 is 2.11 bits per heavy atom. The van der Waals surface area contributed by atoms with Gasteiger partial charge in [0.25, 0.3) is 0 Å². The van der Waals surface area contributed by atoms with Crippen molar-refractivity contribution in [1.82, 2.24) is 4.98 Å². The van der Waals surface area contributed by atoms with Gasteiger partial charge >= 0.3 is 5.97 Å². The van der Waals surface area contributed by atoms with Gasteiger partial charge in [0.2, 0.25) is 0 Å². The molecule has 0 fully saturated rings. The van der Waals surface area contributed by atoms with Crippen LogP contribution in [0, 0.1) is 0 Å². The van der Waals surface area contributed by atoms with Crippen LogP contribution in [-0.4, -0.2) is 27.7 Å². The highest BCUT2D eigenvalue weighted by atomic mass is 79.9. The number of carbonyl (C=O) groups is 1. The van der Waals surface area contributed by atoms with Gasteiger partial charge in [0.15, 0.2) is 0 Å². The maximum atomic E-state index is 11.7. The summed E-state index contributed by atoms with van der Waals surface area (Å²) in [7, 11) is 0. The average Bonchev–Trinajstić information content (AvgIpc) is 2.24. The fourth-order valence-electron chi connectivity index (χ4n) is 1.30. The van der Waals surface area contributed by atoms with E-state index in [0.717, 1.165) is 0 Å². The van der Waals surface area contributed by atoms with Crippen LogP contribution in [-0.2, 0) is 9.53 Å². The summed E-state index contributed by atoms with van der Waals surface area (Å²) in [5, 5.41) is 9.99. The molecule has 0 aliphatic heterocycles. The van der Waals surface area contributed by atoms with E-state index in [1.54, 1.807) is 33.0 Å². The van der Waals surface area contributed by atoms with Crippen LogP contribution in [0.5, 0.6) is 0 Å². The lowest BCUT2D eigenvalue weighted by atomic mass is 10.0. The Hall–Kier alpha value is -0.980. The molecule has 0 spiro atoms. The van der Waals surface area contributed by atoms with Crippen molar-refractivity contribution >= 4 is 21.9 Å². The SMILES string of the molecule is CC(C)(C)OC(=O)[C@H](N)[C@@H](O)c1cncc(Br)c1. The minimum Gasteiger partial charge on any atom is -0.459 e. The summed E-state index contributed by atoms with van der Waals surface area (Å²) in [4.78, 5) is 15.6. The summed E-state index contributed by atoms with van der Waals surface area (Å²) < 4.78 is 5.82. The van der Waals surface area contributed by atoms with Gasteiger partial charge in [-0.15, -0.1) is 0 Å². The molecule has 0 aliphatic rings. The van der Waals surface area contributed by atoms with Crippen LogP contribution < -0.4 is 5.73 Å². The van der Waals surface area contributed by atoms with E-state index in [0.29, 0.717) is 10.0 Å². The third kappa shape index (κ3) is 4.36. The first kappa shape index (κ1) is 15.1. The Kier molecular flexibility index (Phi) is 4.84. The first-order valence-electron chi connectivity index (χ1n) is 5.47. The van der Waals surface area contributed by atoms with Gasteiger partial charge in [-0.1, -0.05) is 0 Å². The van der Waals surface area contributed by atoms with Crippen molar-refractivity contribution in [3.05, 3.63) is 28.5 Å². The van der Waals surface area contributed by atoms with Crippen molar-refractivity contribution in [1.29, 1.82) is 0 Å². The molecule has 6 heteroatoms. The topological polar surface area (TPSA) is 85.4 Å². The molecule has 0 saturated carbocycles. The lowest BCUT2D eigenvalue weighted by Crippen LogP contribution is -2.41. The van der Waals surface area contributed by atoms with Gasteiger partial charge < -0.3 is 15.6 Å². The molecule has 1 heterocycles. The third-order valence-electron chi connectivity index (χ3n) is 2.09. The van der Waals surface area contributed by atoms with Crippen molar-refractivity contribution in [2.75, 3.05) is 0 Å². The van der Waals surface area contributed by atoms with E-state index in [1.165, 1.54) is 6.20 Å². The number of carbonyl (C=O) groups excluding carboxylic acids is 1. The number of ether oxygens (including phenoxy) is 1. The number of hydrogen-bond donors (Lipinski definition) is 2. The second kappa shape index (κ2) is 5.77. The Bertz CT molecular complexity index is 432. The maximum absolute atomic E-state index is 11.7. The molecule has 1 aromatic rings. The first-order chi connectivity index (χ1) is 8.20. The van der Waals surface area contributed by atoms with Crippen molar-refractivity contribution in [2.45, 2.75) is 38.5 Å². The zero-order valence-electron chi connectivity index (χ0n) is 10.6. The largest absolute Gasteiger partial charge is 0.459 e. The number of hydrogen-bond acceptors (Lipinski definition) is 5. The summed E-state index contributed by atoms with van der Waals surface area (Å²) in [6, 6.07) is 0.516. The number of nitrogens with two attached hydrogens (primary N) is 1. The van der Waals surface area contributed by atoms with Crippen LogP contribution in [0.3, 0.4) is 0 Å². The molecular formula is C12H17BrN2O3. The van der Waals surface area contributed by atoms with E-state index in [-0.39, 0.29) is 0 Å². The average molecular weight is 317 g/mol. The second-order valence-corrected chi connectivity index (χ2v) is 5.86. The molecule has 0 aromatic carbocycles. The predicted octanol–water partition coefficient (Wildman–Crippen LogP) is 1.55. The molecule has 0 aliphatic carbocycles. The van der Waals surface area contributed by atoms with Gasteiger partial charge in [0.1, 0.15) is 17.7 Å². The summed E-state index contributed by atoms with van der Waals surface area (Å²) >= 11 is 3.23. The zero-order chi connectivity index (χ0) is 13.9. The fraction of sp³-hybridized carbons (Fsp3) is 0.500. The second-order valence-electron chi connectivity index (χ2n) is 4.94. The zero-order valence-corrected chi connectivity index (χ0v) is 12.1. The summed E-state index contributed by atoms with van der Waals surface area (Å²) in [5.41, 5.74) is 5.51. The number of pyridine rings is 1. The van der Waals surface area contributed by atoms with Crippen LogP contribution in [0.2, 0.25) is 0 Å². The van der Waals surface area contributed by atoms with E-state index < -0.39 is 23.7 Å². The van der Waals surface area contributed by atoms with Gasteiger partial charge in [-0.25, -0.2) is 0 Å². The van der Waals surface area contributed by atoms with Crippen LogP contribution >= 0.6 is 15.9 Å². The highest BCUT2D eigenvalue weighted by Gasteiger charge is 2.29. The lowest BCUT2D eigenvalue weighted by Gasteiger charge is -2.24. The summed E-state index contributed by atoms with van der Waals surface area (Å²) in [6.45, 7) is 5.22. The molecule has 1 aromatic heterocycles. The smallest absolute Gasteiger partial charge is 0.326 e. The highest BCUT2D eigenvalue weighted by Crippen LogP contribution is 2.20. The molecule has 2 atom stereocenters. The van der Waals surface area contributed by atoms with Crippen molar-refractivity contribution in [3.63, 3.8) is 0 Å². The molecular weight excluding hydrogens is 300 g/mol. The number of rotatable bonds is 3. The van der Waals surface area contributed by atoms with E-state index >= 15 is 0 Å². The number of aliphatic hydroxyl groups excluding tert-OH is 1. The molecule has 0 amide bonds. The van der Waals surface area contributed by atoms with E-state index in [1.807, 2.05) is 0 Å². The minimum absolute atomic E-state index is 0.461. The Morgan fingerprint density at radius 3 is 2.61 bits per heavy atom. The van der Waals surface area contributed by atoms with Crippen LogP contribution in [0.4, 0.5) is 0 Å². The van der Waals surface area contributed by atoms with Gasteiger partial charge in [0, 0.05) is 22.4 Å². The quantitative estimate of drug-likeness (QED) is 0.826. The van der Waals surface area contributed by atoms with Crippen LogP contribution in [0.15, 0.2) is 22.9 Å². The number of aliphatic hydroxyl groups is 1. The number of halogens is 1. The Morgan fingerprint density at radius 1 is 1.50 bits per heavy atom. The molecule has 0 saturated heterocycles. The van der Waals surface area contributed by atoms with Crippen molar-refractivity contribution in [3.8, 4) is 0 Å². The molecule has 18 heavy (non-hydrogen) atoms. The van der Waals surface area contributed by atoms with Crippen molar-refractivity contribution in [2.24, 2.45) is 5.73 Å². The van der Waals surface area contributed by atoms with E-state index in [9.17, 15) is 9.90 Å². The van der Waals surface area contributed by atoms with Gasteiger partial charge in [-0.2, -0.15) is 0 Å². The van der Waals surface area contributed by atoms with Crippen molar-refractivity contribution < 1.29 is 14.6 Å². The standard InChI is InChI=1S/C12H17BrN2O3/c1-12(2,3)18-11(17)9(14)10(16)7-4-8(13)6-15-5-7/h4-6,9-10,16H,14H2,1-3H3/t9-,10+/m1/s1. The predicted molar refractivity (Wildman–Crippen MR) is 70.7 cm³/mol. The molecule has 3 N–H and O–H groups in total. The molecule has 0 bridgehead atoms. The van der Waals surface area contributed by atoms with E-state index in [4.69, 9.17) is 10.5 Å². The monoisotopic (exact) mass is 316 g/mol. The van der Waals surface area contributed by atoms with E-state index in [2.05, 4.69) is 20.9 Å². The molecule has 5 nitrogen and oxygen atoms in total. The first-order valence-corrected chi connectivity index (χ1v) is 6.27. The fourth-order valence-corrected chi connectivity index (χ4v) is 1.68. The molecule has 0 unspecified atom stereocenters. The lowest BCUT2D eigenvalue weighted by molar-refractivity contribution is -0.159. The highest BCUT2D eigenvalue weighted by molar-refractivity contribution is 9.10. The van der Waals surface area contributed by atoms with Gasteiger partial charge in [-0.3, -0.25) is 9.78 Å². The Balaban J connectivity index is 2.78. The molecule has 100 valence electrons. The van der Waals surface area contributed by atoms with Gasteiger partial charge in [-0.05, 0) is 42.8 Å². The van der Waals surface area contributed by atoms with Crippen LogP contribution in [0.1, 0.15) is 32.4 Å². The molecule has 0 radical (unpaired) electrons. The maximum Gasteiger partial charge on any atom is 0.326 e.